The minimum atomic E-state index is -0.0612. The van der Waals surface area contributed by atoms with Crippen molar-refractivity contribution in [1.82, 2.24) is 5.32 Å². The van der Waals surface area contributed by atoms with Gasteiger partial charge in [-0.1, -0.05) is 46.4 Å². The van der Waals surface area contributed by atoms with Crippen molar-refractivity contribution in [3.63, 3.8) is 0 Å². The Labute approximate surface area is 134 Å². The Kier molecular flexibility index (Phi) is 5.91. The Hall–Kier alpha value is -0.540. The highest BCUT2D eigenvalue weighted by Gasteiger charge is 2.24. The van der Waals surface area contributed by atoms with E-state index in [0.717, 1.165) is 17.4 Å². The molecule has 1 aromatic carbocycles. The molecule has 2 nitrogen and oxygen atoms in total. The number of hydrogen-bond acceptors (Lipinski definition) is 1. The number of alkyl halides is 1. The standard InChI is InChI=1S/C16H21BrClNO/c1-11-6-7-14(15(18)8-11)16(20)19-10-13-5-3-2-4-12(13)9-17/h6-8,12-13H,2-5,9-10H2,1H3,(H,19,20). The lowest BCUT2D eigenvalue weighted by molar-refractivity contribution is 0.0937. The minimum absolute atomic E-state index is 0.0612. The van der Waals surface area contributed by atoms with E-state index < -0.39 is 0 Å². The fraction of sp³-hybridized carbons (Fsp3) is 0.562. The van der Waals surface area contributed by atoms with Gasteiger partial charge in [-0.05, 0) is 49.3 Å². The lowest BCUT2D eigenvalue weighted by atomic mass is 9.80. The van der Waals surface area contributed by atoms with Gasteiger partial charge in [-0.3, -0.25) is 4.79 Å². The van der Waals surface area contributed by atoms with E-state index in [2.05, 4.69) is 21.2 Å². The average molecular weight is 359 g/mol. The first kappa shape index (κ1) is 15.8. The third kappa shape index (κ3) is 3.98. The third-order valence-electron chi connectivity index (χ3n) is 4.16. The molecule has 1 N–H and O–H groups in total. The van der Waals surface area contributed by atoms with Crippen LogP contribution < -0.4 is 5.32 Å². The first-order chi connectivity index (χ1) is 9.61. The smallest absolute Gasteiger partial charge is 0.252 e. The molecule has 110 valence electrons. The van der Waals surface area contributed by atoms with Crippen LogP contribution in [0.15, 0.2) is 18.2 Å². The van der Waals surface area contributed by atoms with Crippen molar-refractivity contribution in [1.29, 1.82) is 0 Å². The van der Waals surface area contributed by atoms with E-state index >= 15 is 0 Å². The number of rotatable bonds is 4. The summed E-state index contributed by atoms with van der Waals surface area (Å²) >= 11 is 9.72. The van der Waals surface area contributed by atoms with Crippen molar-refractivity contribution in [3.05, 3.63) is 34.3 Å². The van der Waals surface area contributed by atoms with Crippen LogP contribution in [0.4, 0.5) is 0 Å². The molecular weight excluding hydrogens is 338 g/mol. The van der Waals surface area contributed by atoms with Crippen LogP contribution >= 0.6 is 27.5 Å². The van der Waals surface area contributed by atoms with Crippen LogP contribution in [0.5, 0.6) is 0 Å². The quantitative estimate of drug-likeness (QED) is 0.784. The number of carbonyl (C=O) groups excluding carboxylic acids is 1. The molecule has 4 heteroatoms. The van der Waals surface area contributed by atoms with Crippen molar-refractivity contribution in [2.24, 2.45) is 11.8 Å². The van der Waals surface area contributed by atoms with Crippen LogP contribution in [0.3, 0.4) is 0 Å². The summed E-state index contributed by atoms with van der Waals surface area (Å²) in [6.45, 7) is 2.72. The van der Waals surface area contributed by atoms with Gasteiger partial charge in [-0.15, -0.1) is 0 Å². The molecule has 1 fully saturated rings. The molecule has 0 aromatic heterocycles. The van der Waals surface area contributed by atoms with Crippen molar-refractivity contribution >= 4 is 33.4 Å². The summed E-state index contributed by atoms with van der Waals surface area (Å²) in [5, 5.41) is 4.61. The Balaban J connectivity index is 1.94. The molecule has 0 aliphatic heterocycles. The van der Waals surface area contributed by atoms with Gasteiger partial charge in [0.25, 0.3) is 5.91 Å². The monoisotopic (exact) mass is 357 g/mol. The Morgan fingerprint density at radius 1 is 1.35 bits per heavy atom. The number of hydrogen-bond donors (Lipinski definition) is 1. The number of amides is 1. The van der Waals surface area contributed by atoms with Gasteiger partial charge in [0.2, 0.25) is 0 Å². The predicted molar refractivity (Wildman–Crippen MR) is 87.8 cm³/mol. The van der Waals surface area contributed by atoms with E-state index in [0.29, 0.717) is 22.4 Å². The molecule has 0 saturated heterocycles. The van der Waals surface area contributed by atoms with Gasteiger partial charge < -0.3 is 5.32 Å². The summed E-state index contributed by atoms with van der Waals surface area (Å²) in [6, 6.07) is 5.55. The zero-order valence-electron chi connectivity index (χ0n) is 11.8. The lowest BCUT2D eigenvalue weighted by Crippen LogP contribution is -2.34. The maximum atomic E-state index is 12.2. The molecule has 0 bridgehead atoms. The van der Waals surface area contributed by atoms with Crippen molar-refractivity contribution in [3.8, 4) is 0 Å². The van der Waals surface area contributed by atoms with E-state index in [4.69, 9.17) is 11.6 Å². The lowest BCUT2D eigenvalue weighted by Gasteiger charge is -2.30. The molecule has 1 aromatic rings. The molecule has 1 saturated carbocycles. The maximum absolute atomic E-state index is 12.2. The van der Waals surface area contributed by atoms with Gasteiger partial charge in [0, 0.05) is 11.9 Å². The summed E-state index contributed by atoms with van der Waals surface area (Å²) in [5.74, 6) is 1.20. The van der Waals surface area contributed by atoms with E-state index in [1.807, 2.05) is 19.1 Å². The fourth-order valence-corrected chi connectivity index (χ4v) is 4.05. The van der Waals surface area contributed by atoms with Crippen LogP contribution in [0.1, 0.15) is 41.6 Å². The molecule has 0 heterocycles. The molecule has 0 spiro atoms. The minimum Gasteiger partial charge on any atom is -0.352 e. The van der Waals surface area contributed by atoms with Gasteiger partial charge in [0.15, 0.2) is 0 Å². The number of benzene rings is 1. The second-order valence-corrected chi connectivity index (χ2v) is 6.71. The number of nitrogens with one attached hydrogen (secondary N) is 1. The van der Waals surface area contributed by atoms with Gasteiger partial charge in [-0.2, -0.15) is 0 Å². The van der Waals surface area contributed by atoms with Gasteiger partial charge in [-0.25, -0.2) is 0 Å². The average Bonchev–Trinajstić information content (AvgIpc) is 2.45. The molecule has 2 atom stereocenters. The van der Waals surface area contributed by atoms with E-state index in [1.165, 1.54) is 25.7 Å². The van der Waals surface area contributed by atoms with Crippen molar-refractivity contribution in [2.75, 3.05) is 11.9 Å². The predicted octanol–water partition coefficient (Wildman–Crippen LogP) is 4.58. The molecule has 2 rings (SSSR count). The normalized spacial score (nSPS) is 22.6. The molecular formula is C16H21BrClNO. The fourth-order valence-electron chi connectivity index (χ4n) is 2.88. The summed E-state index contributed by atoms with van der Waals surface area (Å²) in [7, 11) is 0. The SMILES string of the molecule is Cc1ccc(C(=O)NCC2CCCCC2CBr)c(Cl)c1. The summed E-state index contributed by atoms with van der Waals surface area (Å²) in [4.78, 5) is 12.2. The van der Waals surface area contributed by atoms with Crippen LogP contribution in [-0.2, 0) is 0 Å². The third-order valence-corrected chi connectivity index (χ3v) is 5.30. The van der Waals surface area contributed by atoms with Crippen LogP contribution in [0.25, 0.3) is 0 Å². The van der Waals surface area contributed by atoms with Gasteiger partial charge in [0.05, 0.1) is 10.6 Å². The van der Waals surface area contributed by atoms with Crippen LogP contribution in [0.2, 0.25) is 5.02 Å². The Bertz CT molecular complexity index is 478. The molecule has 0 radical (unpaired) electrons. The highest BCUT2D eigenvalue weighted by atomic mass is 79.9. The Morgan fingerprint density at radius 2 is 2.05 bits per heavy atom. The number of halogens is 2. The van der Waals surface area contributed by atoms with E-state index in [9.17, 15) is 4.79 Å². The summed E-state index contributed by atoms with van der Waals surface area (Å²) < 4.78 is 0. The Morgan fingerprint density at radius 3 is 2.70 bits per heavy atom. The highest BCUT2D eigenvalue weighted by Crippen LogP contribution is 2.31. The van der Waals surface area contributed by atoms with Crippen molar-refractivity contribution in [2.45, 2.75) is 32.6 Å². The van der Waals surface area contributed by atoms with Gasteiger partial charge >= 0.3 is 0 Å². The van der Waals surface area contributed by atoms with E-state index in [1.54, 1.807) is 6.07 Å². The van der Waals surface area contributed by atoms with Gasteiger partial charge in [0.1, 0.15) is 0 Å². The second kappa shape index (κ2) is 7.46. The first-order valence-corrected chi connectivity index (χ1v) is 8.72. The zero-order chi connectivity index (χ0) is 14.5. The highest BCUT2D eigenvalue weighted by molar-refractivity contribution is 9.09. The summed E-state index contributed by atoms with van der Waals surface area (Å²) in [5.41, 5.74) is 1.64. The maximum Gasteiger partial charge on any atom is 0.252 e. The van der Waals surface area contributed by atoms with Crippen LogP contribution in [-0.4, -0.2) is 17.8 Å². The summed E-state index contributed by atoms with van der Waals surface area (Å²) in [6.07, 6.45) is 5.05. The first-order valence-electron chi connectivity index (χ1n) is 7.22. The number of aryl methyl sites for hydroxylation is 1. The largest absolute Gasteiger partial charge is 0.352 e. The van der Waals surface area contributed by atoms with Crippen molar-refractivity contribution < 1.29 is 4.79 Å². The molecule has 1 amide bonds. The van der Waals surface area contributed by atoms with Crippen LogP contribution in [0, 0.1) is 18.8 Å². The zero-order valence-corrected chi connectivity index (χ0v) is 14.1. The second-order valence-electron chi connectivity index (χ2n) is 5.65. The molecule has 1 aliphatic rings. The molecule has 1 aliphatic carbocycles. The van der Waals surface area contributed by atoms with E-state index in [-0.39, 0.29) is 5.91 Å². The number of carbonyl (C=O) groups is 1. The molecule has 2 unspecified atom stereocenters. The topological polar surface area (TPSA) is 29.1 Å². The molecule has 20 heavy (non-hydrogen) atoms.